The summed E-state index contributed by atoms with van der Waals surface area (Å²) in [5, 5.41) is 9.93. The SMILES string of the molecule is Cn1ccnc1SCc1ccc(OC(=O)N2CCN(c3ccc(C(=O)O)cn3)CC2)cc1. The van der Waals surface area contributed by atoms with Gasteiger partial charge in [-0.05, 0) is 29.8 Å². The number of carbonyl (C=O) groups excluding carboxylic acids is 1. The molecule has 0 bridgehead atoms. The van der Waals surface area contributed by atoms with Gasteiger partial charge in [0.05, 0.1) is 5.56 Å². The number of aromatic nitrogens is 3. The number of pyridine rings is 1. The molecular formula is C22H23N5O4S. The van der Waals surface area contributed by atoms with Crippen molar-refractivity contribution < 1.29 is 19.4 Å². The Balaban J connectivity index is 1.25. The van der Waals surface area contributed by atoms with Crippen LogP contribution in [0.3, 0.4) is 0 Å². The second kappa shape index (κ2) is 9.73. The average molecular weight is 454 g/mol. The second-order valence-corrected chi connectivity index (χ2v) is 8.25. The predicted octanol–water partition coefficient (Wildman–Crippen LogP) is 3.13. The van der Waals surface area contributed by atoms with Gasteiger partial charge in [0.1, 0.15) is 11.6 Å². The fourth-order valence-corrected chi connectivity index (χ4v) is 4.16. The van der Waals surface area contributed by atoms with Gasteiger partial charge in [0, 0.05) is 57.6 Å². The zero-order valence-electron chi connectivity index (χ0n) is 17.5. The van der Waals surface area contributed by atoms with Gasteiger partial charge in [0.2, 0.25) is 0 Å². The molecule has 166 valence electrons. The van der Waals surface area contributed by atoms with Crippen molar-refractivity contribution >= 4 is 29.6 Å². The lowest BCUT2D eigenvalue weighted by Crippen LogP contribution is -2.49. The fourth-order valence-electron chi connectivity index (χ4n) is 3.28. The number of carbonyl (C=O) groups is 2. The number of ether oxygens (including phenoxy) is 1. The number of piperazine rings is 1. The van der Waals surface area contributed by atoms with E-state index in [1.54, 1.807) is 41.1 Å². The summed E-state index contributed by atoms with van der Waals surface area (Å²) in [6.45, 7) is 2.19. The smallest absolute Gasteiger partial charge is 0.415 e. The van der Waals surface area contributed by atoms with Crippen LogP contribution in [0.4, 0.5) is 10.6 Å². The molecule has 0 atom stereocenters. The molecule has 4 rings (SSSR count). The minimum Gasteiger partial charge on any atom is -0.478 e. The van der Waals surface area contributed by atoms with Crippen LogP contribution in [0.1, 0.15) is 15.9 Å². The Morgan fingerprint density at radius 3 is 2.41 bits per heavy atom. The van der Waals surface area contributed by atoms with E-state index in [2.05, 4.69) is 9.97 Å². The Morgan fingerprint density at radius 1 is 1.06 bits per heavy atom. The number of imidazole rings is 1. The number of carboxylic acids is 1. The summed E-state index contributed by atoms with van der Waals surface area (Å²) in [4.78, 5) is 35.7. The van der Waals surface area contributed by atoms with Crippen LogP contribution < -0.4 is 9.64 Å². The summed E-state index contributed by atoms with van der Waals surface area (Å²) in [6.07, 6.45) is 4.65. The molecule has 1 amide bonds. The van der Waals surface area contributed by atoms with E-state index in [4.69, 9.17) is 9.84 Å². The normalized spacial score (nSPS) is 13.8. The van der Waals surface area contributed by atoms with Crippen LogP contribution in [0.15, 0.2) is 60.1 Å². The number of carboxylic acid groups (broad SMARTS) is 1. The number of hydrogen-bond acceptors (Lipinski definition) is 7. The third-order valence-corrected chi connectivity index (χ3v) is 6.26. The van der Waals surface area contributed by atoms with E-state index in [9.17, 15) is 9.59 Å². The lowest BCUT2D eigenvalue weighted by atomic mass is 10.2. The highest BCUT2D eigenvalue weighted by molar-refractivity contribution is 7.98. The molecule has 32 heavy (non-hydrogen) atoms. The number of rotatable bonds is 6. The molecule has 1 aromatic carbocycles. The molecule has 1 aliphatic rings. The third-order valence-electron chi connectivity index (χ3n) is 5.13. The Morgan fingerprint density at radius 2 is 1.81 bits per heavy atom. The van der Waals surface area contributed by atoms with Gasteiger partial charge >= 0.3 is 12.1 Å². The molecule has 0 radical (unpaired) electrons. The molecule has 0 unspecified atom stereocenters. The first-order valence-corrected chi connectivity index (χ1v) is 11.1. The standard InChI is InChI=1S/C22H23N5O4S/c1-25-9-8-23-21(25)32-15-16-2-5-18(6-3-16)31-22(30)27-12-10-26(11-13-27)19-7-4-17(14-24-19)20(28)29/h2-9,14H,10-13,15H2,1H3,(H,28,29). The van der Waals surface area contributed by atoms with Crippen LogP contribution >= 0.6 is 11.8 Å². The minimum atomic E-state index is -1.00. The fraction of sp³-hybridized carbons (Fsp3) is 0.273. The summed E-state index contributed by atoms with van der Waals surface area (Å²) < 4.78 is 7.50. The van der Waals surface area contributed by atoms with E-state index >= 15 is 0 Å². The Labute approximate surface area is 189 Å². The van der Waals surface area contributed by atoms with Gasteiger partial charge in [0.25, 0.3) is 0 Å². The quantitative estimate of drug-likeness (QED) is 0.568. The van der Waals surface area contributed by atoms with E-state index in [-0.39, 0.29) is 11.7 Å². The maximum absolute atomic E-state index is 12.5. The molecule has 10 heteroatoms. The monoisotopic (exact) mass is 453 g/mol. The molecule has 3 aromatic rings. The third kappa shape index (κ3) is 5.20. The Hall–Kier alpha value is -3.53. The van der Waals surface area contributed by atoms with Crippen molar-refractivity contribution in [1.82, 2.24) is 19.4 Å². The molecule has 1 N–H and O–H groups in total. The first-order valence-electron chi connectivity index (χ1n) is 10.1. The van der Waals surface area contributed by atoms with E-state index < -0.39 is 5.97 Å². The number of aryl methyl sites for hydroxylation is 1. The number of thioether (sulfide) groups is 1. The lowest BCUT2D eigenvalue weighted by Gasteiger charge is -2.34. The molecule has 3 heterocycles. The maximum atomic E-state index is 12.5. The topological polar surface area (TPSA) is 101 Å². The summed E-state index contributed by atoms with van der Waals surface area (Å²) >= 11 is 1.65. The van der Waals surface area contributed by atoms with Gasteiger partial charge in [-0.2, -0.15) is 0 Å². The summed E-state index contributed by atoms with van der Waals surface area (Å²) in [7, 11) is 1.96. The van der Waals surface area contributed by atoms with Crippen LogP contribution in [-0.2, 0) is 12.8 Å². The van der Waals surface area contributed by atoms with Crippen molar-refractivity contribution in [3.8, 4) is 5.75 Å². The number of anilines is 1. The van der Waals surface area contributed by atoms with Crippen LogP contribution in [0.5, 0.6) is 5.75 Å². The highest BCUT2D eigenvalue weighted by Gasteiger charge is 2.23. The lowest BCUT2D eigenvalue weighted by molar-refractivity contribution is 0.0696. The zero-order chi connectivity index (χ0) is 22.5. The summed E-state index contributed by atoms with van der Waals surface area (Å²) in [6, 6.07) is 10.7. The molecule has 0 spiro atoms. The number of nitrogens with zero attached hydrogens (tertiary/aromatic N) is 5. The Bertz CT molecular complexity index is 1080. The van der Waals surface area contributed by atoms with Crippen molar-refractivity contribution in [1.29, 1.82) is 0 Å². The van der Waals surface area contributed by atoms with E-state index in [0.29, 0.717) is 37.7 Å². The van der Waals surface area contributed by atoms with E-state index in [0.717, 1.165) is 16.5 Å². The van der Waals surface area contributed by atoms with Gasteiger partial charge in [-0.25, -0.2) is 19.6 Å². The molecular weight excluding hydrogens is 430 g/mol. The van der Waals surface area contributed by atoms with E-state index in [1.807, 2.05) is 34.8 Å². The molecule has 1 saturated heterocycles. The minimum absolute atomic E-state index is 0.150. The van der Waals surface area contributed by atoms with Crippen LogP contribution in [0.2, 0.25) is 0 Å². The maximum Gasteiger partial charge on any atom is 0.415 e. The first kappa shape index (κ1) is 21.7. The highest BCUT2D eigenvalue weighted by atomic mass is 32.2. The predicted molar refractivity (Wildman–Crippen MR) is 120 cm³/mol. The van der Waals surface area contributed by atoms with Gasteiger partial charge < -0.3 is 24.2 Å². The molecule has 9 nitrogen and oxygen atoms in total. The number of benzene rings is 1. The highest BCUT2D eigenvalue weighted by Crippen LogP contribution is 2.22. The molecule has 1 fully saturated rings. The van der Waals surface area contributed by atoms with Gasteiger partial charge in [-0.1, -0.05) is 23.9 Å². The van der Waals surface area contributed by atoms with Crippen LogP contribution in [0.25, 0.3) is 0 Å². The average Bonchev–Trinajstić information content (AvgIpc) is 3.23. The summed E-state index contributed by atoms with van der Waals surface area (Å²) in [5.41, 5.74) is 1.27. The first-order chi connectivity index (χ1) is 15.5. The molecule has 1 aliphatic heterocycles. The van der Waals surface area contributed by atoms with Gasteiger partial charge in [-0.3, -0.25) is 0 Å². The van der Waals surface area contributed by atoms with E-state index in [1.165, 1.54) is 12.3 Å². The second-order valence-electron chi connectivity index (χ2n) is 7.31. The van der Waals surface area contributed by atoms with Crippen molar-refractivity contribution in [2.24, 2.45) is 7.05 Å². The summed E-state index contributed by atoms with van der Waals surface area (Å²) in [5.74, 6) is 0.982. The Kier molecular flexibility index (Phi) is 6.60. The molecule has 0 saturated carbocycles. The van der Waals surface area contributed by atoms with Crippen LogP contribution in [-0.4, -0.2) is 62.8 Å². The van der Waals surface area contributed by atoms with Crippen molar-refractivity contribution in [3.05, 3.63) is 66.1 Å². The van der Waals surface area contributed by atoms with Crippen LogP contribution in [0, 0.1) is 0 Å². The van der Waals surface area contributed by atoms with Crippen molar-refractivity contribution in [2.75, 3.05) is 31.1 Å². The van der Waals surface area contributed by atoms with Crippen molar-refractivity contribution in [2.45, 2.75) is 10.9 Å². The number of hydrogen-bond donors (Lipinski definition) is 1. The number of amides is 1. The number of aromatic carboxylic acids is 1. The molecule has 0 aliphatic carbocycles. The largest absolute Gasteiger partial charge is 0.478 e. The van der Waals surface area contributed by atoms with Crippen molar-refractivity contribution in [3.63, 3.8) is 0 Å². The molecule has 2 aromatic heterocycles. The van der Waals surface area contributed by atoms with Gasteiger partial charge in [-0.15, -0.1) is 0 Å². The zero-order valence-corrected chi connectivity index (χ0v) is 18.4. The van der Waals surface area contributed by atoms with Gasteiger partial charge in [0.15, 0.2) is 5.16 Å².